The largest absolute Gasteiger partial charge is 0.388 e. The first-order chi connectivity index (χ1) is 14.9. The number of hydrogen-bond donors (Lipinski definition) is 1. The molecule has 31 heavy (non-hydrogen) atoms. The van der Waals surface area contributed by atoms with Crippen LogP contribution in [0.3, 0.4) is 0 Å². The molecule has 7 nitrogen and oxygen atoms in total. The number of rotatable bonds is 2. The Morgan fingerprint density at radius 3 is 2.74 bits per heavy atom. The van der Waals surface area contributed by atoms with Crippen LogP contribution < -0.4 is 4.90 Å². The van der Waals surface area contributed by atoms with Crippen molar-refractivity contribution < 1.29 is 19.0 Å². The van der Waals surface area contributed by atoms with Gasteiger partial charge in [0.05, 0.1) is 24.4 Å². The second kappa shape index (κ2) is 7.91. The van der Waals surface area contributed by atoms with Gasteiger partial charge in [0.2, 0.25) is 5.91 Å². The zero-order valence-corrected chi connectivity index (χ0v) is 18.1. The maximum Gasteiger partial charge on any atom is 0.219 e. The molecule has 1 fully saturated rings. The second-order valence-electron chi connectivity index (χ2n) is 8.84. The van der Waals surface area contributed by atoms with E-state index in [-0.39, 0.29) is 17.8 Å². The minimum Gasteiger partial charge on any atom is -0.388 e. The molecule has 0 bridgehead atoms. The molecule has 0 aliphatic carbocycles. The van der Waals surface area contributed by atoms with Gasteiger partial charge in [0.1, 0.15) is 5.82 Å². The molecule has 1 saturated heterocycles. The summed E-state index contributed by atoms with van der Waals surface area (Å²) in [5.41, 5.74) is 4.13. The number of carbonyl (C=O) groups is 1. The van der Waals surface area contributed by atoms with E-state index in [0.29, 0.717) is 37.3 Å². The van der Waals surface area contributed by atoms with Gasteiger partial charge in [0.15, 0.2) is 5.82 Å². The molecule has 166 valence electrons. The minimum absolute atomic E-state index is 0.0477. The van der Waals surface area contributed by atoms with Crippen molar-refractivity contribution in [3.8, 4) is 0 Å². The van der Waals surface area contributed by atoms with Crippen molar-refractivity contribution >= 4 is 17.4 Å². The van der Waals surface area contributed by atoms with E-state index in [1.54, 1.807) is 19.9 Å². The Hall–Kier alpha value is -2.45. The zero-order chi connectivity index (χ0) is 21.7. The van der Waals surface area contributed by atoms with Crippen molar-refractivity contribution in [3.63, 3.8) is 0 Å². The number of carbonyl (C=O) groups excluding carboxylic acids is 1. The zero-order valence-electron chi connectivity index (χ0n) is 18.1. The number of fused-ring (bicyclic) bond motifs is 2. The molecule has 8 heteroatoms. The Balaban J connectivity index is 1.63. The van der Waals surface area contributed by atoms with Crippen LogP contribution in [0.25, 0.3) is 0 Å². The van der Waals surface area contributed by atoms with Crippen LogP contribution in [0.15, 0.2) is 12.1 Å². The molecule has 1 N–H and O–H groups in total. The van der Waals surface area contributed by atoms with Gasteiger partial charge in [-0.3, -0.25) is 9.48 Å². The predicted molar refractivity (Wildman–Crippen MR) is 114 cm³/mol. The van der Waals surface area contributed by atoms with Gasteiger partial charge in [0.25, 0.3) is 0 Å². The number of amides is 1. The van der Waals surface area contributed by atoms with E-state index >= 15 is 0 Å². The lowest BCUT2D eigenvalue weighted by Crippen LogP contribution is -2.36. The minimum atomic E-state index is -0.618. The molecule has 3 aliphatic rings. The first-order valence-corrected chi connectivity index (χ1v) is 11.1. The monoisotopic (exact) mass is 428 g/mol. The fourth-order valence-corrected chi connectivity index (χ4v) is 5.09. The number of aliphatic hydroxyl groups is 1. The number of nitrogens with zero attached hydrogens (tertiary/aromatic N) is 4. The third-order valence-corrected chi connectivity index (χ3v) is 6.89. The molecule has 1 aromatic carbocycles. The Kier molecular flexibility index (Phi) is 5.22. The van der Waals surface area contributed by atoms with Gasteiger partial charge in [-0.15, -0.1) is 0 Å². The third-order valence-electron chi connectivity index (χ3n) is 6.89. The molecule has 4 heterocycles. The van der Waals surface area contributed by atoms with E-state index < -0.39 is 6.10 Å². The van der Waals surface area contributed by atoms with Crippen LogP contribution in [-0.4, -0.2) is 52.0 Å². The van der Waals surface area contributed by atoms with Gasteiger partial charge in [-0.1, -0.05) is 0 Å². The quantitative estimate of drug-likeness (QED) is 0.796. The molecular formula is C23H29FN4O3. The van der Waals surface area contributed by atoms with Gasteiger partial charge in [0, 0.05) is 56.5 Å². The first-order valence-electron chi connectivity index (χ1n) is 11.1. The van der Waals surface area contributed by atoms with Crippen LogP contribution in [-0.2, 0) is 22.5 Å². The van der Waals surface area contributed by atoms with Crippen molar-refractivity contribution in [1.29, 1.82) is 0 Å². The average Bonchev–Trinajstić information content (AvgIpc) is 3.15. The van der Waals surface area contributed by atoms with Crippen molar-refractivity contribution in [2.75, 3.05) is 31.2 Å². The van der Waals surface area contributed by atoms with Crippen LogP contribution in [0.5, 0.6) is 0 Å². The molecule has 0 radical (unpaired) electrons. The van der Waals surface area contributed by atoms with Crippen LogP contribution in [0.2, 0.25) is 0 Å². The summed E-state index contributed by atoms with van der Waals surface area (Å²) in [4.78, 5) is 16.0. The highest BCUT2D eigenvalue weighted by Gasteiger charge is 2.34. The van der Waals surface area contributed by atoms with E-state index in [9.17, 15) is 14.3 Å². The number of benzene rings is 1. The van der Waals surface area contributed by atoms with Crippen LogP contribution in [0.1, 0.15) is 60.7 Å². The highest BCUT2D eigenvalue weighted by atomic mass is 19.1. The van der Waals surface area contributed by atoms with Gasteiger partial charge in [-0.2, -0.15) is 5.10 Å². The van der Waals surface area contributed by atoms with Crippen LogP contribution >= 0.6 is 0 Å². The first kappa shape index (κ1) is 20.5. The van der Waals surface area contributed by atoms with E-state index in [0.717, 1.165) is 49.4 Å². The molecule has 5 rings (SSSR count). The number of halogens is 1. The number of anilines is 2. The van der Waals surface area contributed by atoms with Crippen molar-refractivity contribution in [1.82, 2.24) is 14.7 Å². The van der Waals surface area contributed by atoms with Crippen molar-refractivity contribution in [2.45, 2.75) is 58.2 Å². The van der Waals surface area contributed by atoms with E-state index in [1.807, 2.05) is 9.80 Å². The second-order valence-corrected chi connectivity index (χ2v) is 8.84. The summed E-state index contributed by atoms with van der Waals surface area (Å²) >= 11 is 0. The molecule has 0 saturated carbocycles. The SMILES string of the molecule is CC(=O)N1CCc2c(c(N3CCC(O)c4cc(C)c(F)cc43)nn2C2CCOCC2)C1. The summed E-state index contributed by atoms with van der Waals surface area (Å²) in [6, 6.07) is 3.52. The van der Waals surface area contributed by atoms with Crippen molar-refractivity contribution in [3.05, 3.63) is 40.3 Å². The molecule has 3 aliphatic heterocycles. The smallest absolute Gasteiger partial charge is 0.219 e. The summed E-state index contributed by atoms with van der Waals surface area (Å²) in [7, 11) is 0. The average molecular weight is 429 g/mol. The third kappa shape index (κ3) is 3.51. The van der Waals surface area contributed by atoms with Gasteiger partial charge in [-0.05, 0) is 43.9 Å². The van der Waals surface area contributed by atoms with E-state index in [2.05, 4.69) is 4.68 Å². The lowest BCUT2D eigenvalue weighted by atomic mass is 9.96. The Morgan fingerprint density at radius 1 is 1.23 bits per heavy atom. The van der Waals surface area contributed by atoms with E-state index in [4.69, 9.17) is 9.84 Å². The molecule has 1 amide bonds. The number of aromatic nitrogens is 2. The Bertz CT molecular complexity index is 1010. The van der Waals surface area contributed by atoms with Crippen LogP contribution in [0.4, 0.5) is 15.9 Å². The number of hydrogen-bond acceptors (Lipinski definition) is 5. The maximum absolute atomic E-state index is 14.5. The highest BCUT2D eigenvalue weighted by molar-refractivity contribution is 5.75. The molecule has 1 unspecified atom stereocenters. The lowest BCUT2D eigenvalue weighted by Gasteiger charge is -2.34. The topological polar surface area (TPSA) is 70.8 Å². The summed E-state index contributed by atoms with van der Waals surface area (Å²) in [6.45, 7) is 6.49. The van der Waals surface area contributed by atoms with Gasteiger partial charge < -0.3 is 19.6 Å². The number of aryl methyl sites for hydroxylation is 1. The molecule has 1 atom stereocenters. The normalized spacial score (nSPS) is 21.7. The molecule has 0 spiro atoms. The van der Waals surface area contributed by atoms with Crippen molar-refractivity contribution in [2.24, 2.45) is 0 Å². The number of ether oxygens (including phenoxy) is 1. The van der Waals surface area contributed by atoms with E-state index in [1.165, 1.54) is 11.8 Å². The maximum atomic E-state index is 14.5. The molecule has 1 aromatic heterocycles. The Labute approximate surface area is 181 Å². The predicted octanol–water partition coefficient (Wildman–Crippen LogP) is 3.16. The lowest BCUT2D eigenvalue weighted by molar-refractivity contribution is -0.129. The summed E-state index contributed by atoms with van der Waals surface area (Å²) in [6.07, 6.45) is 2.51. The summed E-state index contributed by atoms with van der Waals surface area (Å²) < 4.78 is 22.2. The standard InChI is InChI=1S/C23H29FN4O3/c1-14-11-17-21(12-19(14)24)27(8-4-22(17)30)23-18-13-26(15(2)29)7-3-20(18)28(25-23)16-5-9-31-10-6-16/h11-12,16,22,30H,3-10,13H2,1-2H3. The summed E-state index contributed by atoms with van der Waals surface area (Å²) in [5, 5.41) is 15.6. The fourth-order valence-electron chi connectivity index (χ4n) is 5.09. The summed E-state index contributed by atoms with van der Waals surface area (Å²) in [5.74, 6) is 0.538. The molecular weight excluding hydrogens is 399 g/mol. The molecule has 2 aromatic rings. The number of aliphatic hydroxyl groups excluding tert-OH is 1. The fraction of sp³-hybridized carbons (Fsp3) is 0.565. The van der Waals surface area contributed by atoms with Gasteiger partial charge >= 0.3 is 0 Å². The Morgan fingerprint density at radius 2 is 2.00 bits per heavy atom. The van der Waals surface area contributed by atoms with Gasteiger partial charge in [-0.25, -0.2) is 4.39 Å². The van der Waals surface area contributed by atoms with Crippen LogP contribution in [0, 0.1) is 12.7 Å². The highest BCUT2D eigenvalue weighted by Crippen LogP contribution is 2.42.